The second-order valence-electron chi connectivity index (χ2n) is 8.72. The number of carbonyl (C=O) groups excluding carboxylic acids is 2. The third kappa shape index (κ3) is 5.41. The Balaban J connectivity index is 1.30. The molecule has 4 N–H and O–H groups in total. The molecule has 2 amide bonds. The fourth-order valence-electron chi connectivity index (χ4n) is 4.43. The van der Waals surface area contributed by atoms with Gasteiger partial charge < -0.3 is 20.4 Å². The molecule has 0 spiro atoms. The number of nitrogens with zero attached hydrogens (tertiary/aromatic N) is 4. The molecule has 1 fully saturated rings. The second kappa shape index (κ2) is 10.8. The third-order valence-corrected chi connectivity index (χ3v) is 6.78. The van der Waals surface area contributed by atoms with Crippen LogP contribution >= 0.6 is 23.2 Å². The summed E-state index contributed by atoms with van der Waals surface area (Å²) in [6.45, 7) is 4.00. The van der Waals surface area contributed by atoms with E-state index in [9.17, 15) is 9.59 Å². The van der Waals surface area contributed by atoms with Gasteiger partial charge >= 0.3 is 0 Å². The van der Waals surface area contributed by atoms with Gasteiger partial charge in [-0.25, -0.2) is 9.97 Å². The van der Waals surface area contributed by atoms with Gasteiger partial charge in [-0.15, -0.1) is 0 Å². The summed E-state index contributed by atoms with van der Waals surface area (Å²) in [4.78, 5) is 39.3. The normalized spacial score (nSPS) is 13.8. The molecule has 0 saturated carbocycles. The van der Waals surface area contributed by atoms with E-state index in [2.05, 4.69) is 25.2 Å². The highest BCUT2D eigenvalue weighted by atomic mass is 35.5. The Kier molecular flexibility index (Phi) is 7.31. The average molecular weight is 542 g/mol. The molecular formula is C25H25Cl2N7O3. The molecule has 10 nitrogen and oxygen atoms in total. The van der Waals surface area contributed by atoms with Crippen molar-refractivity contribution < 1.29 is 14.3 Å². The molecule has 3 heterocycles. The van der Waals surface area contributed by atoms with Crippen molar-refractivity contribution in [2.45, 2.75) is 19.3 Å². The standard InChI is InChI=1S/C25H25Cl2N7O3/c26-16-5-3-6-17(27)21(16)34-14-29-20(22(34)23(28)35)24(36)32-25-30-18-8-7-15(13-19(18)31-25)37-12-4-11-33-9-1-2-10-33/h3,5-8,13-14H,1-2,4,9-12H2,(H2,28,35)(H2,30,31,32,36). The second-order valence-corrected chi connectivity index (χ2v) is 9.53. The van der Waals surface area contributed by atoms with Crippen LogP contribution < -0.4 is 15.8 Å². The van der Waals surface area contributed by atoms with E-state index >= 15 is 0 Å². The maximum Gasteiger partial charge on any atom is 0.279 e. The number of imidazole rings is 2. The number of benzene rings is 2. The molecule has 1 saturated heterocycles. The van der Waals surface area contributed by atoms with Crippen LogP contribution in [-0.2, 0) is 0 Å². The minimum atomic E-state index is -0.866. The zero-order valence-corrected chi connectivity index (χ0v) is 21.3. The number of carbonyl (C=O) groups is 2. The predicted octanol–water partition coefficient (Wildman–Crippen LogP) is 4.27. The van der Waals surface area contributed by atoms with Crippen LogP contribution in [0.15, 0.2) is 42.7 Å². The Hall–Kier alpha value is -3.60. The van der Waals surface area contributed by atoms with Gasteiger partial charge in [0.05, 0.1) is 33.4 Å². The highest BCUT2D eigenvalue weighted by molar-refractivity contribution is 6.37. The summed E-state index contributed by atoms with van der Waals surface area (Å²) in [7, 11) is 0. The van der Waals surface area contributed by atoms with Gasteiger partial charge in [0.2, 0.25) is 5.95 Å². The van der Waals surface area contributed by atoms with Gasteiger partial charge in [-0.05, 0) is 56.6 Å². The number of halogens is 2. The van der Waals surface area contributed by atoms with Crippen LogP contribution in [0.2, 0.25) is 10.0 Å². The van der Waals surface area contributed by atoms with Gasteiger partial charge in [0.25, 0.3) is 11.8 Å². The monoisotopic (exact) mass is 541 g/mol. The summed E-state index contributed by atoms with van der Waals surface area (Å²) in [6, 6.07) is 10.3. The SMILES string of the molecule is NC(=O)c1c(C(=O)Nc2nc3ccc(OCCCN4CCCC4)cc3[nH]2)ncn1-c1c(Cl)cccc1Cl. The average Bonchev–Trinajstić information content (AvgIpc) is 3.61. The maximum atomic E-state index is 13.0. The fourth-order valence-corrected chi connectivity index (χ4v) is 5.01. The van der Waals surface area contributed by atoms with Crippen molar-refractivity contribution in [2.75, 3.05) is 31.6 Å². The number of nitrogens with one attached hydrogen (secondary N) is 2. The Morgan fingerprint density at radius 2 is 1.89 bits per heavy atom. The number of primary amides is 1. The summed E-state index contributed by atoms with van der Waals surface area (Å²) < 4.78 is 7.19. The van der Waals surface area contributed by atoms with E-state index in [4.69, 9.17) is 33.7 Å². The quantitative estimate of drug-likeness (QED) is 0.271. The van der Waals surface area contributed by atoms with Gasteiger partial charge in [0.15, 0.2) is 5.69 Å². The van der Waals surface area contributed by atoms with Crippen LogP contribution in [0.1, 0.15) is 40.2 Å². The Bertz CT molecular complexity index is 1440. The van der Waals surface area contributed by atoms with E-state index in [0.29, 0.717) is 29.1 Å². The lowest BCUT2D eigenvalue weighted by Gasteiger charge is -2.14. The first-order valence-electron chi connectivity index (χ1n) is 11.9. The van der Waals surface area contributed by atoms with Crippen LogP contribution in [0.3, 0.4) is 0 Å². The number of para-hydroxylation sites is 1. The number of hydrogen-bond acceptors (Lipinski definition) is 6. The van der Waals surface area contributed by atoms with Gasteiger partial charge in [-0.1, -0.05) is 29.3 Å². The molecule has 4 aromatic rings. The lowest BCUT2D eigenvalue weighted by atomic mass is 10.2. The maximum absolute atomic E-state index is 13.0. The molecule has 12 heteroatoms. The summed E-state index contributed by atoms with van der Waals surface area (Å²) >= 11 is 12.5. The highest BCUT2D eigenvalue weighted by Gasteiger charge is 2.25. The number of aromatic nitrogens is 4. The van der Waals surface area contributed by atoms with E-state index in [1.165, 1.54) is 36.8 Å². The number of nitrogens with two attached hydrogens (primary N) is 1. The minimum absolute atomic E-state index is 0.159. The van der Waals surface area contributed by atoms with E-state index in [1.807, 2.05) is 12.1 Å². The molecule has 0 unspecified atom stereocenters. The molecule has 0 radical (unpaired) electrons. The van der Waals surface area contributed by atoms with E-state index in [0.717, 1.165) is 13.0 Å². The number of amides is 2. The topological polar surface area (TPSA) is 131 Å². The van der Waals surface area contributed by atoms with Crippen LogP contribution in [0, 0.1) is 0 Å². The number of aromatic amines is 1. The smallest absolute Gasteiger partial charge is 0.279 e. The van der Waals surface area contributed by atoms with Crippen molar-refractivity contribution in [1.29, 1.82) is 0 Å². The van der Waals surface area contributed by atoms with Crippen molar-refractivity contribution >= 4 is 52.0 Å². The Morgan fingerprint density at radius 3 is 2.62 bits per heavy atom. The minimum Gasteiger partial charge on any atom is -0.493 e. The van der Waals surface area contributed by atoms with Crippen molar-refractivity contribution in [3.05, 3.63) is 64.2 Å². The van der Waals surface area contributed by atoms with Crippen molar-refractivity contribution in [1.82, 2.24) is 24.4 Å². The number of H-pyrrole nitrogens is 1. The van der Waals surface area contributed by atoms with Crippen LogP contribution in [0.25, 0.3) is 16.7 Å². The molecule has 37 heavy (non-hydrogen) atoms. The van der Waals surface area contributed by atoms with Crippen molar-refractivity contribution in [3.8, 4) is 11.4 Å². The molecule has 5 rings (SSSR count). The lowest BCUT2D eigenvalue weighted by Crippen LogP contribution is -2.23. The van der Waals surface area contributed by atoms with E-state index in [1.54, 1.807) is 24.3 Å². The van der Waals surface area contributed by atoms with Crippen molar-refractivity contribution in [3.63, 3.8) is 0 Å². The lowest BCUT2D eigenvalue weighted by molar-refractivity contribution is 0.0970. The Labute approximate surface area is 222 Å². The van der Waals surface area contributed by atoms with E-state index < -0.39 is 11.8 Å². The summed E-state index contributed by atoms with van der Waals surface area (Å²) in [5.74, 6) is -0.642. The highest BCUT2D eigenvalue weighted by Crippen LogP contribution is 2.30. The molecule has 0 atom stereocenters. The molecule has 0 bridgehead atoms. The summed E-state index contributed by atoms with van der Waals surface area (Å²) in [5.41, 5.74) is 6.86. The van der Waals surface area contributed by atoms with Crippen LogP contribution in [0.4, 0.5) is 5.95 Å². The van der Waals surface area contributed by atoms with Crippen molar-refractivity contribution in [2.24, 2.45) is 5.73 Å². The summed E-state index contributed by atoms with van der Waals surface area (Å²) in [5, 5.41) is 3.18. The van der Waals surface area contributed by atoms with Gasteiger partial charge in [0, 0.05) is 12.6 Å². The van der Waals surface area contributed by atoms with Crippen LogP contribution in [0.5, 0.6) is 5.75 Å². The first-order valence-corrected chi connectivity index (χ1v) is 12.6. The molecule has 192 valence electrons. The van der Waals surface area contributed by atoms with Gasteiger partial charge in [0.1, 0.15) is 17.8 Å². The van der Waals surface area contributed by atoms with Gasteiger partial charge in [-0.2, -0.15) is 0 Å². The largest absolute Gasteiger partial charge is 0.493 e. The molecule has 2 aromatic heterocycles. The zero-order valence-electron chi connectivity index (χ0n) is 19.8. The van der Waals surface area contributed by atoms with Crippen LogP contribution in [-0.4, -0.2) is 62.5 Å². The number of rotatable bonds is 9. The number of likely N-dealkylation sites (tertiary alicyclic amines) is 1. The third-order valence-electron chi connectivity index (χ3n) is 6.17. The zero-order chi connectivity index (χ0) is 25.9. The fraction of sp³-hybridized carbons (Fsp3) is 0.280. The molecule has 1 aliphatic heterocycles. The number of hydrogen-bond donors (Lipinski definition) is 3. The number of anilines is 1. The Morgan fingerprint density at radius 1 is 1.14 bits per heavy atom. The first-order chi connectivity index (χ1) is 17.9. The number of fused-ring (bicyclic) bond motifs is 1. The first kappa shape index (κ1) is 25.1. The van der Waals surface area contributed by atoms with E-state index in [-0.39, 0.29) is 27.4 Å². The molecule has 1 aliphatic rings. The molecular weight excluding hydrogens is 517 g/mol. The molecule has 0 aliphatic carbocycles. The predicted molar refractivity (Wildman–Crippen MR) is 142 cm³/mol. The van der Waals surface area contributed by atoms with Gasteiger partial charge in [-0.3, -0.25) is 19.5 Å². The summed E-state index contributed by atoms with van der Waals surface area (Å²) in [6.07, 6.45) is 4.78. The molecule has 2 aromatic carbocycles. The number of ether oxygens (including phenoxy) is 1.